The molecule has 2 aromatic rings. The molecule has 5 aliphatic rings. The molecule has 1 aromatic carbocycles. The molecule has 1 aromatic heterocycles. The number of carbonyl (C=O) groups excluding carboxylic acids is 5. The Morgan fingerprint density at radius 1 is 0.909 bits per heavy atom. The minimum Gasteiger partial charge on any atom is -0.371 e. The molecule has 13 nitrogen and oxygen atoms in total. The smallest absolute Gasteiger partial charge is 0.268 e. The number of anilines is 2. The second kappa shape index (κ2) is 11.0. The molecular weight excluding hydrogens is 564 g/mol. The number of aromatic nitrogens is 2. The molecule has 44 heavy (non-hydrogen) atoms. The number of carbonyl (C=O) groups is 5. The first-order valence-electron chi connectivity index (χ1n) is 15.4. The van der Waals surface area contributed by atoms with Crippen molar-refractivity contribution in [1.29, 1.82) is 0 Å². The highest BCUT2D eigenvalue weighted by molar-refractivity contribution is 6.23. The van der Waals surface area contributed by atoms with Crippen molar-refractivity contribution in [3.05, 3.63) is 47.4 Å². The molecule has 7 rings (SSSR count). The predicted molar refractivity (Wildman–Crippen MR) is 159 cm³/mol. The Bertz CT molecular complexity index is 1520. The number of benzene rings is 1. The van der Waals surface area contributed by atoms with Crippen LogP contribution in [0.3, 0.4) is 0 Å². The van der Waals surface area contributed by atoms with Gasteiger partial charge in [0.2, 0.25) is 11.8 Å². The number of nitrogens with zero attached hydrogens (tertiary/aromatic N) is 6. The van der Waals surface area contributed by atoms with Gasteiger partial charge in [0.1, 0.15) is 17.6 Å². The fourth-order valence-corrected chi connectivity index (χ4v) is 7.46. The van der Waals surface area contributed by atoms with Crippen molar-refractivity contribution in [2.24, 2.45) is 17.1 Å². The van der Waals surface area contributed by atoms with Gasteiger partial charge in [0.25, 0.3) is 17.7 Å². The second-order valence-corrected chi connectivity index (χ2v) is 12.9. The van der Waals surface area contributed by atoms with Gasteiger partial charge < -0.3 is 20.4 Å². The summed E-state index contributed by atoms with van der Waals surface area (Å²) in [6.07, 6.45) is 7.76. The van der Waals surface area contributed by atoms with E-state index in [1.54, 1.807) is 18.3 Å². The Kier molecular flexibility index (Phi) is 7.07. The van der Waals surface area contributed by atoms with E-state index in [4.69, 9.17) is 5.73 Å². The minimum atomic E-state index is -0.955. The summed E-state index contributed by atoms with van der Waals surface area (Å²) in [5, 5.41) is 2.24. The number of nitrogens with one attached hydrogen (secondary N) is 1. The van der Waals surface area contributed by atoms with Crippen molar-refractivity contribution < 1.29 is 24.0 Å². The number of fused-ring (bicyclic) bond motifs is 1. The van der Waals surface area contributed by atoms with Crippen LogP contribution in [0.1, 0.15) is 69.7 Å². The maximum Gasteiger partial charge on any atom is 0.268 e. The number of nitrogens with two attached hydrogens (primary N) is 1. The van der Waals surface area contributed by atoms with E-state index in [1.807, 2.05) is 6.07 Å². The maximum atomic E-state index is 13.2. The Morgan fingerprint density at radius 3 is 2.30 bits per heavy atom. The van der Waals surface area contributed by atoms with Crippen molar-refractivity contribution in [1.82, 2.24) is 25.1 Å². The predicted octanol–water partition coefficient (Wildman–Crippen LogP) is 0.796. The van der Waals surface area contributed by atoms with E-state index < -0.39 is 29.7 Å². The van der Waals surface area contributed by atoms with Gasteiger partial charge in [-0.25, -0.2) is 9.97 Å². The average Bonchev–Trinajstić information content (AvgIpc) is 3.25. The summed E-state index contributed by atoms with van der Waals surface area (Å²) in [6.45, 7) is 6.95. The van der Waals surface area contributed by atoms with E-state index in [9.17, 15) is 24.0 Å². The number of piperidine rings is 3. The van der Waals surface area contributed by atoms with Gasteiger partial charge in [0, 0.05) is 50.2 Å². The van der Waals surface area contributed by atoms with E-state index in [2.05, 4.69) is 30.0 Å². The fourth-order valence-electron chi connectivity index (χ4n) is 7.46. The molecule has 1 spiro atoms. The highest BCUT2D eigenvalue weighted by Crippen LogP contribution is 2.42. The molecule has 5 aliphatic heterocycles. The van der Waals surface area contributed by atoms with Crippen LogP contribution in [0, 0.1) is 11.3 Å². The standard InChI is InChI=1S/C31H36N8O5/c32-27(41)23-14-34-25(15-33-23)38-17-31(18-38)7-11-36(12-8-31)16-19-5-9-37(10-6-19)20-1-2-21-22(13-20)30(44)39(29(21)43)24-3-4-26(40)35-28(24)42/h1-2,13-15,19,24H,3-12,16-18H2,(H2,32,41)(H,35,40,42). The van der Waals surface area contributed by atoms with Gasteiger partial charge in [0.05, 0.1) is 23.5 Å². The first-order valence-corrected chi connectivity index (χ1v) is 15.4. The lowest BCUT2D eigenvalue weighted by Crippen LogP contribution is -2.61. The Morgan fingerprint density at radius 2 is 1.64 bits per heavy atom. The van der Waals surface area contributed by atoms with Crippen molar-refractivity contribution in [3.8, 4) is 0 Å². The Balaban J connectivity index is 0.888. The number of imide groups is 2. The van der Waals surface area contributed by atoms with Crippen LogP contribution in [0.15, 0.2) is 30.6 Å². The third-order valence-electron chi connectivity index (χ3n) is 10.1. The molecule has 0 aliphatic carbocycles. The van der Waals surface area contributed by atoms with Crippen LogP contribution in [0.25, 0.3) is 0 Å². The summed E-state index contributed by atoms with van der Waals surface area (Å²) in [6, 6.07) is 4.41. The van der Waals surface area contributed by atoms with Crippen molar-refractivity contribution in [2.75, 3.05) is 55.6 Å². The van der Waals surface area contributed by atoms with Gasteiger partial charge in [-0.2, -0.15) is 0 Å². The quantitative estimate of drug-likeness (QED) is 0.454. The van der Waals surface area contributed by atoms with Crippen molar-refractivity contribution >= 4 is 41.0 Å². The molecule has 6 heterocycles. The zero-order valence-corrected chi connectivity index (χ0v) is 24.5. The van der Waals surface area contributed by atoms with Crippen LogP contribution in [0.2, 0.25) is 0 Å². The van der Waals surface area contributed by atoms with E-state index in [-0.39, 0.29) is 24.4 Å². The van der Waals surface area contributed by atoms with Crippen LogP contribution in [-0.2, 0) is 9.59 Å². The van der Waals surface area contributed by atoms with Crippen molar-refractivity contribution in [3.63, 3.8) is 0 Å². The molecular formula is C31H36N8O5. The topological polar surface area (TPSA) is 162 Å². The van der Waals surface area contributed by atoms with Crippen LogP contribution in [0.5, 0.6) is 0 Å². The first kappa shape index (κ1) is 28.4. The largest absolute Gasteiger partial charge is 0.371 e. The number of likely N-dealkylation sites (tertiary alicyclic amines) is 1. The summed E-state index contributed by atoms with van der Waals surface area (Å²) in [7, 11) is 0. The lowest BCUT2D eigenvalue weighted by molar-refractivity contribution is -0.136. The molecule has 1 unspecified atom stereocenters. The Hall–Kier alpha value is -4.39. The number of primary amides is 1. The third kappa shape index (κ3) is 5.08. The number of amides is 5. The first-order chi connectivity index (χ1) is 21.2. The van der Waals surface area contributed by atoms with E-state index in [0.717, 1.165) is 87.9 Å². The van der Waals surface area contributed by atoms with Crippen LogP contribution < -0.4 is 20.9 Å². The minimum absolute atomic E-state index is 0.103. The second-order valence-electron chi connectivity index (χ2n) is 12.9. The third-order valence-corrected chi connectivity index (χ3v) is 10.1. The van der Waals surface area contributed by atoms with Gasteiger partial charge in [-0.1, -0.05) is 0 Å². The van der Waals surface area contributed by atoms with Gasteiger partial charge >= 0.3 is 0 Å². The molecule has 0 radical (unpaired) electrons. The lowest BCUT2D eigenvalue weighted by Gasteiger charge is -2.54. The summed E-state index contributed by atoms with van der Waals surface area (Å²) < 4.78 is 0. The van der Waals surface area contributed by atoms with Gasteiger partial charge in [0.15, 0.2) is 0 Å². The van der Waals surface area contributed by atoms with Crippen LogP contribution in [0.4, 0.5) is 11.5 Å². The number of rotatable bonds is 6. The molecule has 230 valence electrons. The fraction of sp³-hybridized carbons (Fsp3) is 0.516. The SMILES string of the molecule is NC(=O)c1cnc(N2CC3(CCN(CC4CCN(c5ccc6c(c5)C(=O)N(C5CCC(=O)NC5=O)C6=O)CC4)CC3)C2)cn1. The van der Waals surface area contributed by atoms with Gasteiger partial charge in [-0.05, 0) is 69.3 Å². The maximum absolute atomic E-state index is 13.2. The molecule has 0 bridgehead atoms. The van der Waals surface area contributed by atoms with Crippen molar-refractivity contribution in [2.45, 2.75) is 44.6 Å². The summed E-state index contributed by atoms with van der Waals surface area (Å²) >= 11 is 0. The molecule has 13 heteroatoms. The zero-order valence-electron chi connectivity index (χ0n) is 24.5. The van der Waals surface area contributed by atoms with Gasteiger partial charge in [-0.15, -0.1) is 0 Å². The molecule has 0 saturated carbocycles. The van der Waals surface area contributed by atoms with Gasteiger partial charge in [-0.3, -0.25) is 34.2 Å². The normalized spacial score (nSPS) is 24.0. The van der Waals surface area contributed by atoms with Crippen LogP contribution >= 0.6 is 0 Å². The summed E-state index contributed by atoms with van der Waals surface area (Å²) in [5.41, 5.74) is 7.32. The molecule has 3 N–H and O–H groups in total. The summed E-state index contributed by atoms with van der Waals surface area (Å²) in [4.78, 5) is 78.0. The lowest BCUT2D eigenvalue weighted by atomic mass is 9.72. The van der Waals surface area contributed by atoms with E-state index in [1.165, 1.54) is 6.20 Å². The summed E-state index contributed by atoms with van der Waals surface area (Å²) in [5.74, 6) is -1.10. The van der Waals surface area contributed by atoms with Crippen LogP contribution in [-0.4, -0.2) is 101 Å². The highest BCUT2D eigenvalue weighted by Gasteiger charge is 2.46. The highest BCUT2D eigenvalue weighted by atomic mass is 16.2. The van der Waals surface area contributed by atoms with E-state index in [0.29, 0.717) is 22.5 Å². The van der Waals surface area contributed by atoms with E-state index >= 15 is 0 Å². The molecule has 5 amide bonds. The molecule has 4 saturated heterocycles. The molecule has 4 fully saturated rings. The number of hydrogen-bond donors (Lipinski definition) is 2. The number of hydrogen-bond acceptors (Lipinski definition) is 10. The average molecular weight is 601 g/mol. The zero-order chi connectivity index (χ0) is 30.6. The monoisotopic (exact) mass is 600 g/mol. The molecule has 1 atom stereocenters. The Labute approximate surface area is 254 Å².